The number of carbonyl (C=O) groups is 2. The second-order valence-electron chi connectivity index (χ2n) is 9.75. The lowest BCUT2D eigenvalue weighted by molar-refractivity contribution is -0.141. The number of rotatable bonds is 12. The first-order chi connectivity index (χ1) is 18.5. The first-order valence-corrected chi connectivity index (χ1v) is 15.2. The second-order valence-corrected chi connectivity index (χ2v) is 12.7. The Morgan fingerprint density at radius 1 is 0.923 bits per heavy atom. The molecule has 0 saturated carbocycles. The number of halogens is 1. The monoisotopic (exact) mass is 613 g/mol. The molecule has 3 rings (SSSR count). The molecule has 1 N–H and O–H groups in total. The van der Waals surface area contributed by atoms with Gasteiger partial charge in [-0.1, -0.05) is 83.0 Å². The van der Waals surface area contributed by atoms with Gasteiger partial charge in [0.15, 0.2) is 0 Å². The van der Waals surface area contributed by atoms with Crippen molar-refractivity contribution in [3.8, 4) is 0 Å². The zero-order chi connectivity index (χ0) is 28.6. The summed E-state index contributed by atoms with van der Waals surface area (Å²) in [6, 6.07) is 22.6. The van der Waals surface area contributed by atoms with Crippen LogP contribution in [0.4, 0.5) is 0 Å². The number of nitrogens with zero attached hydrogens (tertiary/aromatic N) is 2. The van der Waals surface area contributed by atoms with Gasteiger partial charge < -0.3 is 10.2 Å². The lowest BCUT2D eigenvalue weighted by Gasteiger charge is -2.33. The van der Waals surface area contributed by atoms with Crippen LogP contribution in [0.5, 0.6) is 0 Å². The minimum atomic E-state index is -3.91. The molecule has 0 aliphatic carbocycles. The number of likely N-dealkylation sites (N-methyl/N-ethyl adjacent to an activating group) is 1. The molecule has 0 aliphatic rings. The summed E-state index contributed by atoms with van der Waals surface area (Å²) in [5.41, 5.74) is 2.66. The molecule has 3 aromatic carbocycles. The van der Waals surface area contributed by atoms with Crippen LogP contribution in [-0.4, -0.2) is 55.1 Å². The SMILES string of the molecule is CC[C@H](C)NC(=O)[C@@H](Cc1ccccc1)N(Cc1ccc(Br)cc1)C(=O)CN(C)S(=O)(=O)c1ccc(C)cc1. The normalized spacial score (nSPS) is 13.1. The molecular weight excluding hydrogens is 578 g/mol. The van der Waals surface area contributed by atoms with Crippen molar-refractivity contribution < 1.29 is 18.0 Å². The van der Waals surface area contributed by atoms with E-state index in [0.29, 0.717) is 6.42 Å². The van der Waals surface area contributed by atoms with E-state index in [4.69, 9.17) is 0 Å². The first kappa shape index (κ1) is 30.5. The fraction of sp³-hybridized carbons (Fsp3) is 0.333. The maximum Gasteiger partial charge on any atom is 0.243 e. The number of nitrogens with one attached hydrogen (secondary N) is 1. The molecule has 3 aromatic rings. The van der Waals surface area contributed by atoms with Gasteiger partial charge in [0.1, 0.15) is 6.04 Å². The highest BCUT2D eigenvalue weighted by Crippen LogP contribution is 2.20. The van der Waals surface area contributed by atoms with Crippen LogP contribution in [0.15, 0.2) is 88.2 Å². The average Bonchev–Trinajstić information content (AvgIpc) is 2.92. The predicted octanol–water partition coefficient (Wildman–Crippen LogP) is 4.93. The third-order valence-electron chi connectivity index (χ3n) is 6.63. The molecule has 0 aliphatic heterocycles. The Bertz CT molecular complexity index is 1350. The van der Waals surface area contributed by atoms with Crippen LogP contribution in [0.1, 0.15) is 37.0 Å². The fourth-order valence-electron chi connectivity index (χ4n) is 4.04. The van der Waals surface area contributed by atoms with Crippen LogP contribution in [0.25, 0.3) is 0 Å². The van der Waals surface area contributed by atoms with E-state index in [9.17, 15) is 18.0 Å². The van der Waals surface area contributed by atoms with Gasteiger partial charge in [0, 0.05) is 30.5 Å². The van der Waals surface area contributed by atoms with E-state index in [1.54, 1.807) is 12.1 Å². The van der Waals surface area contributed by atoms with Crippen molar-refractivity contribution in [2.24, 2.45) is 0 Å². The summed E-state index contributed by atoms with van der Waals surface area (Å²) in [6.07, 6.45) is 1.03. The van der Waals surface area contributed by atoms with E-state index in [-0.39, 0.29) is 23.4 Å². The van der Waals surface area contributed by atoms with Crippen LogP contribution >= 0.6 is 15.9 Å². The molecule has 2 amide bonds. The van der Waals surface area contributed by atoms with Crippen molar-refractivity contribution in [3.63, 3.8) is 0 Å². The molecule has 7 nitrogen and oxygen atoms in total. The zero-order valence-corrected chi connectivity index (χ0v) is 25.2. The van der Waals surface area contributed by atoms with Crippen molar-refractivity contribution in [3.05, 3.63) is 100 Å². The Balaban J connectivity index is 1.97. The molecular formula is C30H36BrN3O4S. The van der Waals surface area contributed by atoms with Gasteiger partial charge in [-0.3, -0.25) is 9.59 Å². The highest BCUT2D eigenvalue weighted by molar-refractivity contribution is 9.10. The maximum absolute atomic E-state index is 13.9. The van der Waals surface area contributed by atoms with Crippen molar-refractivity contribution in [2.75, 3.05) is 13.6 Å². The Hall–Kier alpha value is -3.01. The van der Waals surface area contributed by atoms with E-state index in [1.807, 2.05) is 75.4 Å². The van der Waals surface area contributed by atoms with Gasteiger partial charge in [0.05, 0.1) is 11.4 Å². The first-order valence-electron chi connectivity index (χ1n) is 12.9. The van der Waals surface area contributed by atoms with E-state index in [0.717, 1.165) is 31.9 Å². The highest BCUT2D eigenvalue weighted by Gasteiger charge is 2.33. The molecule has 2 atom stereocenters. The van der Waals surface area contributed by atoms with E-state index < -0.39 is 28.5 Å². The summed E-state index contributed by atoms with van der Waals surface area (Å²) in [7, 11) is -2.53. The molecule has 0 bridgehead atoms. The summed E-state index contributed by atoms with van der Waals surface area (Å²) < 4.78 is 28.4. The number of benzene rings is 3. The van der Waals surface area contributed by atoms with E-state index in [2.05, 4.69) is 21.2 Å². The Kier molecular flexibility index (Phi) is 10.9. The Morgan fingerprint density at radius 3 is 2.13 bits per heavy atom. The lowest BCUT2D eigenvalue weighted by Crippen LogP contribution is -2.54. The lowest BCUT2D eigenvalue weighted by atomic mass is 10.0. The summed E-state index contributed by atoms with van der Waals surface area (Å²) >= 11 is 3.44. The number of aryl methyl sites for hydroxylation is 1. The third-order valence-corrected chi connectivity index (χ3v) is 8.97. The Morgan fingerprint density at radius 2 is 1.54 bits per heavy atom. The smallest absolute Gasteiger partial charge is 0.243 e. The topological polar surface area (TPSA) is 86.8 Å². The molecule has 0 fully saturated rings. The van der Waals surface area contributed by atoms with Gasteiger partial charge >= 0.3 is 0 Å². The largest absolute Gasteiger partial charge is 0.352 e. The van der Waals surface area contributed by atoms with E-state index in [1.165, 1.54) is 24.1 Å². The number of sulfonamides is 1. The van der Waals surface area contributed by atoms with Gasteiger partial charge in [-0.2, -0.15) is 4.31 Å². The molecule has 0 radical (unpaired) electrons. The minimum Gasteiger partial charge on any atom is -0.352 e. The summed E-state index contributed by atoms with van der Waals surface area (Å²) in [6.45, 7) is 5.51. The molecule has 39 heavy (non-hydrogen) atoms. The summed E-state index contributed by atoms with van der Waals surface area (Å²) in [5.74, 6) is -0.737. The zero-order valence-electron chi connectivity index (χ0n) is 22.8. The molecule has 0 unspecified atom stereocenters. The standard InChI is InChI=1S/C30H36BrN3O4S/c1-5-23(3)32-30(36)28(19-24-9-7-6-8-10-24)34(20-25-13-15-26(31)16-14-25)29(35)21-33(4)39(37,38)27-17-11-22(2)12-18-27/h6-18,23,28H,5,19-21H2,1-4H3,(H,32,36)/t23-,28+/m0/s1. The quantitative estimate of drug-likeness (QED) is 0.314. The van der Waals surface area contributed by atoms with Crippen molar-refractivity contribution in [2.45, 2.75) is 57.1 Å². The fourth-order valence-corrected chi connectivity index (χ4v) is 5.42. The van der Waals surface area contributed by atoms with Crippen molar-refractivity contribution >= 4 is 37.8 Å². The van der Waals surface area contributed by atoms with E-state index >= 15 is 0 Å². The summed E-state index contributed by atoms with van der Waals surface area (Å²) in [4.78, 5) is 29.1. The number of hydrogen-bond donors (Lipinski definition) is 1. The van der Waals surface area contributed by atoms with Crippen molar-refractivity contribution in [1.82, 2.24) is 14.5 Å². The minimum absolute atomic E-state index is 0.0787. The van der Waals surface area contributed by atoms with Crippen LogP contribution in [0, 0.1) is 6.92 Å². The third kappa shape index (κ3) is 8.49. The maximum atomic E-state index is 13.9. The molecule has 208 valence electrons. The van der Waals surface area contributed by atoms with Gasteiger partial charge in [-0.25, -0.2) is 8.42 Å². The molecule has 0 spiro atoms. The molecule has 0 saturated heterocycles. The molecule has 0 aromatic heterocycles. The van der Waals surface area contributed by atoms with Crippen LogP contribution in [0.3, 0.4) is 0 Å². The van der Waals surface area contributed by atoms with Gasteiger partial charge in [0.2, 0.25) is 21.8 Å². The summed E-state index contributed by atoms with van der Waals surface area (Å²) in [5, 5.41) is 3.02. The number of carbonyl (C=O) groups excluding carboxylic acids is 2. The second kappa shape index (κ2) is 13.9. The number of hydrogen-bond acceptors (Lipinski definition) is 4. The van der Waals surface area contributed by atoms with Gasteiger partial charge in [-0.15, -0.1) is 0 Å². The number of amides is 2. The molecule has 0 heterocycles. The van der Waals surface area contributed by atoms with Crippen LogP contribution in [-0.2, 0) is 32.6 Å². The van der Waals surface area contributed by atoms with Crippen molar-refractivity contribution in [1.29, 1.82) is 0 Å². The van der Waals surface area contributed by atoms with Gasteiger partial charge in [0.25, 0.3) is 0 Å². The van der Waals surface area contributed by atoms with Crippen LogP contribution in [0.2, 0.25) is 0 Å². The predicted molar refractivity (Wildman–Crippen MR) is 158 cm³/mol. The Labute approximate surface area is 240 Å². The average molecular weight is 615 g/mol. The van der Waals surface area contributed by atoms with Crippen LogP contribution < -0.4 is 5.32 Å². The van der Waals surface area contributed by atoms with Gasteiger partial charge in [-0.05, 0) is 55.7 Å². The molecule has 9 heteroatoms. The highest BCUT2D eigenvalue weighted by atomic mass is 79.9.